The maximum Gasteiger partial charge on any atom is 0.0454 e. The molecule has 0 amide bonds. The predicted molar refractivity (Wildman–Crippen MR) is 73.7 cm³/mol. The van der Waals surface area contributed by atoms with Crippen LogP contribution in [0.25, 0.3) is 0 Å². The summed E-state index contributed by atoms with van der Waals surface area (Å²) in [6.07, 6.45) is 2.12. The molecule has 1 atom stereocenters. The first-order valence-corrected chi connectivity index (χ1v) is 6.78. The van der Waals surface area contributed by atoms with Crippen LogP contribution in [0.5, 0.6) is 0 Å². The Labute approximate surface area is 113 Å². The van der Waals surface area contributed by atoms with Crippen molar-refractivity contribution in [2.24, 2.45) is 5.73 Å². The second-order valence-electron chi connectivity index (χ2n) is 4.72. The van der Waals surface area contributed by atoms with Crippen LogP contribution in [0, 0.1) is 0 Å². The van der Waals surface area contributed by atoms with Crippen molar-refractivity contribution in [3.63, 3.8) is 0 Å². The number of hydrogen-bond acceptors (Lipinski definition) is 2. The molecular formula is C13H18Cl2N2. The smallest absolute Gasteiger partial charge is 0.0454 e. The van der Waals surface area contributed by atoms with Crippen LogP contribution in [-0.2, 0) is 0 Å². The fourth-order valence-corrected chi connectivity index (χ4v) is 2.79. The SMILES string of the molecule is CC(c1cc(Cl)ccc1Cl)N1CCC(N)CC1. The molecule has 0 radical (unpaired) electrons. The normalized spacial score (nSPS) is 20.5. The van der Waals surface area contributed by atoms with Crippen LogP contribution < -0.4 is 5.73 Å². The summed E-state index contributed by atoms with van der Waals surface area (Å²) in [7, 11) is 0. The van der Waals surface area contributed by atoms with Gasteiger partial charge >= 0.3 is 0 Å². The van der Waals surface area contributed by atoms with Gasteiger partial charge in [-0.05, 0) is 43.5 Å². The quantitative estimate of drug-likeness (QED) is 0.893. The number of nitrogens with two attached hydrogens (primary N) is 1. The molecule has 1 fully saturated rings. The van der Waals surface area contributed by atoms with Gasteiger partial charge in [0.25, 0.3) is 0 Å². The summed E-state index contributed by atoms with van der Waals surface area (Å²) in [4.78, 5) is 2.42. The number of benzene rings is 1. The highest BCUT2D eigenvalue weighted by Crippen LogP contribution is 2.31. The molecule has 1 heterocycles. The minimum Gasteiger partial charge on any atom is -0.328 e. The Hall–Kier alpha value is -0.280. The van der Waals surface area contributed by atoms with Crippen LogP contribution >= 0.6 is 23.2 Å². The van der Waals surface area contributed by atoms with E-state index in [4.69, 9.17) is 28.9 Å². The molecule has 1 aromatic rings. The van der Waals surface area contributed by atoms with Crippen molar-refractivity contribution in [3.8, 4) is 0 Å². The molecule has 2 N–H and O–H groups in total. The van der Waals surface area contributed by atoms with Crippen LogP contribution in [0.4, 0.5) is 0 Å². The highest BCUT2D eigenvalue weighted by molar-refractivity contribution is 6.33. The largest absolute Gasteiger partial charge is 0.328 e. The van der Waals surface area contributed by atoms with Crippen molar-refractivity contribution in [2.75, 3.05) is 13.1 Å². The van der Waals surface area contributed by atoms with Gasteiger partial charge in [-0.2, -0.15) is 0 Å². The molecule has 0 aromatic heterocycles. The van der Waals surface area contributed by atoms with E-state index in [0.29, 0.717) is 12.1 Å². The number of rotatable bonds is 2. The number of nitrogens with zero attached hydrogens (tertiary/aromatic N) is 1. The summed E-state index contributed by atoms with van der Waals surface area (Å²) in [5.74, 6) is 0. The Morgan fingerprint density at radius 1 is 1.29 bits per heavy atom. The minimum atomic E-state index is 0.300. The zero-order valence-corrected chi connectivity index (χ0v) is 11.5. The maximum absolute atomic E-state index is 6.23. The van der Waals surface area contributed by atoms with Gasteiger partial charge in [0.2, 0.25) is 0 Å². The molecule has 0 aliphatic carbocycles. The van der Waals surface area contributed by atoms with Crippen LogP contribution in [0.15, 0.2) is 18.2 Å². The van der Waals surface area contributed by atoms with E-state index < -0.39 is 0 Å². The number of piperidine rings is 1. The zero-order chi connectivity index (χ0) is 12.4. The number of likely N-dealkylation sites (tertiary alicyclic amines) is 1. The van der Waals surface area contributed by atoms with Gasteiger partial charge in [-0.15, -0.1) is 0 Å². The highest BCUT2D eigenvalue weighted by Gasteiger charge is 2.22. The van der Waals surface area contributed by atoms with Gasteiger partial charge in [0.1, 0.15) is 0 Å². The second kappa shape index (κ2) is 5.57. The van der Waals surface area contributed by atoms with Crippen LogP contribution in [0.3, 0.4) is 0 Å². The van der Waals surface area contributed by atoms with Crippen molar-refractivity contribution in [3.05, 3.63) is 33.8 Å². The first-order chi connectivity index (χ1) is 8.08. The lowest BCUT2D eigenvalue weighted by atomic mass is 10.0. The van der Waals surface area contributed by atoms with E-state index in [1.165, 1.54) is 0 Å². The van der Waals surface area contributed by atoms with Crippen molar-refractivity contribution in [1.29, 1.82) is 0 Å². The lowest BCUT2D eigenvalue weighted by Gasteiger charge is -2.35. The molecule has 0 bridgehead atoms. The van der Waals surface area contributed by atoms with Gasteiger partial charge in [-0.3, -0.25) is 4.90 Å². The second-order valence-corrected chi connectivity index (χ2v) is 5.56. The van der Waals surface area contributed by atoms with E-state index in [1.54, 1.807) is 0 Å². The predicted octanol–water partition coefficient (Wildman–Crippen LogP) is 3.48. The van der Waals surface area contributed by atoms with Crippen molar-refractivity contribution < 1.29 is 0 Å². The van der Waals surface area contributed by atoms with E-state index >= 15 is 0 Å². The van der Waals surface area contributed by atoms with Gasteiger partial charge in [0, 0.05) is 35.2 Å². The molecule has 2 nitrogen and oxygen atoms in total. The Kier molecular flexibility index (Phi) is 4.31. The molecule has 0 spiro atoms. The van der Waals surface area contributed by atoms with Crippen LogP contribution in [0.2, 0.25) is 10.0 Å². The molecule has 1 aromatic carbocycles. The van der Waals surface area contributed by atoms with Crippen molar-refractivity contribution in [2.45, 2.75) is 31.8 Å². The fourth-order valence-electron chi connectivity index (χ4n) is 2.34. The molecule has 1 unspecified atom stereocenters. The van der Waals surface area contributed by atoms with Gasteiger partial charge in [0.05, 0.1) is 0 Å². The minimum absolute atomic E-state index is 0.300. The van der Waals surface area contributed by atoms with Crippen LogP contribution in [-0.4, -0.2) is 24.0 Å². The van der Waals surface area contributed by atoms with Crippen molar-refractivity contribution >= 4 is 23.2 Å². The van der Waals surface area contributed by atoms with E-state index in [2.05, 4.69) is 11.8 Å². The first-order valence-electron chi connectivity index (χ1n) is 6.02. The van der Waals surface area contributed by atoms with E-state index in [1.807, 2.05) is 18.2 Å². The van der Waals surface area contributed by atoms with E-state index in [-0.39, 0.29) is 0 Å². The Morgan fingerprint density at radius 3 is 2.59 bits per heavy atom. The lowest BCUT2D eigenvalue weighted by molar-refractivity contribution is 0.163. The van der Waals surface area contributed by atoms with Gasteiger partial charge < -0.3 is 5.73 Å². The lowest BCUT2D eigenvalue weighted by Crippen LogP contribution is -2.40. The molecule has 2 rings (SSSR count). The molecule has 1 aliphatic rings. The topological polar surface area (TPSA) is 29.3 Å². The Bertz CT molecular complexity index is 387. The molecule has 1 saturated heterocycles. The van der Waals surface area contributed by atoms with E-state index in [0.717, 1.165) is 41.5 Å². The summed E-state index contributed by atoms with van der Waals surface area (Å²) in [5, 5.41) is 1.53. The third-order valence-corrected chi connectivity index (χ3v) is 4.11. The van der Waals surface area contributed by atoms with Gasteiger partial charge in [-0.25, -0.2) is 0 Å². The summed E-state index contributed by atoms with van der Waals surface area (Å²) >= 11 is 12.3. The maximum atomic E-state index is 6.23. The Balaban J connectivity index is 2.13. The summed E-state index contributed by atoms with van der Waals surface area (Å²) in [6, 6.07) is 6.31. The average Bonchev–Trinajstić information content (AvgIpc) is 2.32. The number of hydrogen-bond donors (Lipinski definition) is 1. The highest BCUT2D eigenvalue weighted by atomic mass is 35.5. The summed E-state index contributed by atoms with van der Waals surface area (Å²) in [5.41, 5.74) is 7.02. The van der Waals surface area contributed by atoms with Gasteiger partial charge in [-0.1, -0.05) is 23.2 Å². The fraction of sp³-hybridized carbons (Fsp3) is 0.538. The standard InChI is InChI=1S/C13H18Cl2N2/c1-9(17-6-4-11(16)5-7-17)12-8-10(14)2-3-13(12)15/h2-3,8-9,11H,4-7,16H2,1H3. The first kappa shape index (κ1) is 13.2. The summed E-state index contributed by atoms with van der Waals surface area (Å²) in [6.45, 7) is 4.24. The molecular weight excluding hydrogens is 255 g/mol. The number of halogens is 2. The van der Waals surface area contributed by atoms with E-state index in [9.17, 15) is 0 Å². The Morgan fingerprint density at radius 2 is 1.94 bits per heavy atom. The molecule has 1 aliphatic heterocycles. The molecule has 94 valence electrons. The monoisotopic (exact) mass is 272 g/mol. The zero-order valence-electron chi connectivity index (χ0n) is 10.00. The molecule has 0 saturated carbocycles. The van der Waals surface area contributed by atoms with Crippen LogP contribution in [0.1, 0.15) is 31.4 Å². The van der Waals surface area contributed by atoms with Crippen molar-refractivity contribution in [1.82, 2.24) is 4.90 Å². The average molecular weight is 273 g/mol. The summed E-state index contributed by atoms with van der Waals surface area (Å²) < 4.78 is 0. The van der Waals surface area contributed by atoms with Gasteiger partial charge in [0.15, 0.2) is 0 Å². The molecule has 4 heteroatoms. The third-order valence-electron chi connectivity index (χ3n) is 3.53. The molecule has 17 heavy (non-hydrogen) atoms. The third kappa shape index (κ3) is 3.14.